The lowest BCUT2D eigenvalue weighted by molar-refractivity contribution is -0.128. The highest BCUT2D eigenvalue weighted by Gasteiger charge is 2.47. The van der Waals surface area contributed by atoms with Crippen LogP contribution in [0.2, 0.25) is 0 Å². The molecule has 0 aromatic carbocycles. The predicted octanol–water partition coefficient (Wildman–Crippen LogP) is 1.93. The van der Waals surface area contributed by atoms with Crippen LogP contribution in [-0.2, 0) is 11.3 Å². The molecule has 2 aliphatic rings. The highest BCUT2D eigenvalue weighted by atomic mass is 32.1. The third-order valence-corrected chi connectivity index (χ3v) is 6.05. The van der Waals surface area contributed by atoms with Gasteiger partial charge in [0.25, 0.3) is 0 Å². The minimum absolute atomic E-state index is 0.0772. The maximum Gasteiger partial charge on any atom is 0.223 e. The molecule has 2 aromatic heterocycles. The smallest absolute Gasteiger partial charge is 0.223 e. The van der Waals surface area contributed by atoms with E-state index in [2.05, 4.69) is 25.5 Å². The lowest BCUT2D eigenvalue weighted by Crippen LogP contribution is -2.31. The van der Waals surface area contributed by atoms with Gasteiger partial charge in [-0.15, -0.1) is 21.5 Å². The van der Waals surface area contributed by atoms with Gasteiger partial charge in [0.15, 0.2) is 0 Å². The van der Waals surface area contributed by atoms with E-state index in [-0.39, 0.29) is 11.3 Å². The SMILES string of the molecule is Cc1nc(CN2C[C@]3(CCN(c4nncs4)C3)CC2=O)cs1. The van der Waals surface area contributed by atoms with E-state index in [9.17, 15) is 4.79 Å². The van der Waals surface area contributed by atoms with Gasteiger partial charge in [-0.1, -0.05) is 11.3 Å². The molecule has 22 heavy (non-hydrogen) atoms. The number of likely N-dealkylation sites (tertiary alicyclic amines) is 1. The summed E-state index contributed by atoms with van der Waals surface area (Å²) in [5.74, 6) is 0.254. The zero-order valence-electron chi connectivity index (χ0n) is 12.4. The minimum Gasteiger partial charge on any atom is -0.346 e. The fourth-order valence-corrected chi connectivity index (χ4v) is 4.67. The summed E-state index contributed by atoms with van der Waals surface area (Å²) in [6, 6.07) is 0. The Kier molecular flexibility index (Phi) is 3.37. The third kappa shape index (κ3) is 2.50. The molecule has 0 radical (unpaired) electrons. The van der Waals surface area contributed by atoms with Crippen LogP contribution in [0.25, 0.3) is 0 Å². The Morgan fingerprint density at radius 2 is 2.27 bits per heavy atom. The zero-order valence-corrected chi connectivity index (χ0v) is 14.0. The molecule has 0 N–H and O–H groups in total. The molecule has 8 heteroatoms. The molecule has 2 fully saturated rings. The topological polar surface area (TPSA) is 62.2 Å². The fraction of sp³-hybridized carbons (Fsp3) is 0.571. The molecule has 4 heterocycles. The van der Waals surface area contributed by atoms with Gasteiger partial charge in [-0.05, 0) is 13.3 Å². The molecule has 6 nitrogen and oxygen atoms in total. The van der Waals surface area contributed by atoms with Crippen molar-refractivity contribution in [3.63, 3.8) is 0 Å². The second kappa shape index (κ2) is 5.27. The summed E-state index contributed by atoms with van der Waals surface area (Å²) in [5.41, 5.74) is 2.84. The predicted molar refractivity (Wildman–Crippen MR) is 86.1 cm³/mol. The Bertz CT molecular complexity index is 685. The maximum absolute atomic E-state index is 12.4. The number of nitrogens with zero attached hydrogens (tertiary/aromatic N) is 5. The number of carbonyl (C=O) groups is 1. The first-order valence-corrected chi connectivity index (χ1v) is 9.09. The van der Waals surface area contributed by atoms with Crippen LogP contribution in [0.5, 0.6) is 0 Å². The van der Waals surface area contributed by atoms with E-state index in [4.69, 9.17) is 0 Å². The fourth-order valence-electron chi connectivity index (χ4n) is 3.48. The van der Waals surface area contributed by atoms with Crippen LogP contribution in [0.3, 0.4) is 0 Å². The number of anilines is 1. The molecule has 0 aliphatic carbocycles. The summed E-state index contributed by atoms with van der Waals surface area (Å²) in [7, 11) is 0. The van der Waals surface area contributed by atoms with Crippen molar-refractivity contribution < 1.29 is 4.79 Å². The van der Waals surface area contributed by atoms with Gasteiger partial charge in [0.2, 0.25) is 11.0 Å². The standard InChI is InChI=1S/C14H17N5OS2/c1-10-16-11(6-21-10)5-19-8-14(4-12(19)20)2-3-18(7-14)13-17-15-9-22-13/h6,9H,2-5,7-8H2,1H3/t14-/m1/s1. The normalized spacial score (nSPS) is 24.9. The average molecular weight is 335 g/mol. The maximum atomic E-state index is 12.4. The van der Waals surface area contributed by atoms with Crippen LogP contribution in [0, 0.1) is 12.3 Å². The summed E-state index contributed by atoms with van der Waals surface area (Å²) < 4.78 is 0. The molecule has 1 spiro atoms. The summed E-state index contributed by atoms with van der Waals surface area (Å²) in [6.07, 6.45) is 1.69. The molecular weight excluding hydrogens is 318 g/mol. The molecule has 0 unspecified atom stereocenters. The van der Waals surface area contributed by atoms with Crippen molar-refractivity contribution in [1.82, 2.24) is 20.1 Å². The quantitative estimate of drug-likeness (QED) is 0.858. The van der Waals surface area contributed by atoms with Gasteiger partial charge < -0.3 is 9.80 Å². The van der Waals surface area contributed by atoms with Crippen molar-refractivity contribution in [2.75, 3.05) is 24.5 Å². The lowest BCUT2D eigenvalue weighted by Gasteiger charge is -2.23. The molecule has 4 rings (SSSR count). The van der Waals surface area contributed by atoms with E-state index >= 15 is 0 Å². The van der Waals surface area contributed by atoms with Crippen LogP contribution < -0.4 is 4.90 Å². The number of aromatic nitrogens is 3. The van der Waals surface area contributed by atoms with Crippen molar-refractivity contribution in [2.45, 2.75) is 26.3 Å². The van der Waals surface area contributed by atoms with Crippen LogP contribution in [0.4, 0.5) is 5.13 Å². The summed E-state index contributed by atoms with van der Waals surface area (Å²) in [4.78, 5) is 21.1. The van der Waals surface area contributed by atoms with E-state index < -0.39 is 0 Å². The lowest BCUT2D eigenvalue weighted by atomic mass is 9.86. The van der Waals surface area contributed by atoms with Crippen LogP contribution in [-0.4, -0.2) is 45.6 Å². The molecule has 1 atom stereocenters. The zero-order chi connectivity index (χ0) is 15.2. The molecule has 2 saturated heterocycles. The van der Waals surface area contributed by atoms with E-state index in [0.29, 0.717) is 13.0 Å². The van der Waals surface area contributed by atoms with Crippen molar-refractivity contribution in [1.29, 1.82) is 0 Å². The van der Waals surface area contributed by atoms with Crippen molar-refractivity contribution in [3.05, 3.63) is 21.6 Å². The van der Waals surface area contributed by atoms with E-state index in [1.54, 1.807) is 28.2 Å². The summed E-state index contributed by atoms with van der Waals surface area (Å²) >= 11 is 3.21. The molecule has 1 amide bonds. The number of carbonyl (C=O) groups excluding carboxylic acids is 1. The highest BCUT2D eigenvalue weighted by molar-refractivity contribution is 7.13. The monoisotopic (exact) mass is 335 g/mol. The first kappa shape index (κ1) is 14.1. The Morgan fingerprint density at radius 1 is 1.36 bits per heavy atom. The number of aryl methyl sites for hydroxylation is 1. The number of hydrogen-bond donors (Lipinski definition) is 0. The second-order valence-corrected chi connectivity index (χ2v) is 8.05. The third-order valence-electron chi connectivity index (χ3n) is 4.48. The summed E-state index contributed by atoms with van der Waals surface area (Å²) in [5, 5.41) is 12.1. The second-order valence-electron chi connectivity index (χ2n) is 6.18. The molecular formula is C14H17N5OS2. The molecule has 116 valence electrons. The van der Waals surface area contributed by atoms with Gasteiger partial charge >= 0.3 is 0 Å². The van der Waals surface area contributed by atoms with Gasteiger partial charge in [-0.3, -0.25) is 4.79 Å². The molecule has 2 aromatic rings. The van der Waals surface area contributed by atoms with Crippen LogP contribution in [0.1, 0.15) is 23.5 Å². The van der Waals surface area contributed by atoms with Gasteiger partial charge in [-0.25, -0.2) is 4.98 Å². The Hall–Kier alpha value is -1.54. The average Bonchev–Trinajstić information content (AvgIpc) is 3.22. The number of hydrogen-bond acceptors (Lipinski definition) is 7. The van der Waals surface area contributed by atoms with E-state index in [1.165, 1.54) is 0 Å². The van der Waals surface area contributed by atoms with Crippen LogP contribution >= 0.6 is 22.7 Å². The van der Waals surface area contributed by atoms with E-state index in [1.807, 2.05) is 11.8 Å². The Morgan fingerprint density at radius 3 is 3.00 bits per heavy atom. The Labute approximate surface area is 136 Å². The van der Waals surface area contributed by atoms with Gasteiger partial charge in [0.1, 0.15) is 5.51 Å². The first-order chi connectivity index (χ1) is 10.6. The molecule has 0 bridgehead atoms. The molecule has 2 aliphatic heterocycles. The van der Waals surface area contributed by atoms with Gasteiger partial charge in [0, 0.05) is 36.9 Å². The Balaban J connectivity index is 1.45. The summed E-state index contributed by atoms with van der Waals surface area (Å²) in [6.45, 7) is 5.34. The van der Waals surface area contributed by atoms with Crippen molar-refractivity contribution in [3.8, 4) is 0 Å². The number of thiazole rings is 1. The first-order valence-electron chi connectivity index (χ1n) is 7.33. The van der Waals surface area contributed by atoms with Crippen molar-refractivity contribution >= 4 is 33.7 Å². The molecule has 0 saturated carbocycles. The number of rotatable bonds is 3. The van der Waals surface area contributed by atoms with Crippen LogP contribution in [0.15, 0.2) is 10.9 Å². The van der Waals surface area contributed by atoms with Crippen molar-refractivity contribution in [2.24, 2.45) is 5.41 Å². The highest BCUT2D eigenvalue weighted by Crippen LogP contribution is 2.42. The van der Waals surface area contributed by atoms with Gasteiger partial charge in [0.05, 0.1) is 17.2 Å². The largest absolute Gasteiger partial charge is 0.346 e. The van der Waals surface area contributed by atoms with E-state index in [0.717, 1.165) is 41.9 Å². The minimum atomic E-state index is 0.0772. The number of amides is 1. The van der Waals surface area contributed by atoms with Gasteiger partial charge in [-0.2, -0.15) is 0 Å².